The van der Waals surface area contributed by atoms with Gasteiger partial charge in [0.25, 0.3) is 0 Å². The monoisotopic (exact) mass is 278 g/mol. The highest BCUT2D eigenvalue weighted by Gasteiger charge is 2.07. The van der Waals surface area contributed by atoms with Gasteiger partial charge in [-0.3, -0.25) is 4.98 Å². The molecule has 4 nitrogen and oxygen atoms in total. The van der Waals surface area contributed by atoms with Crippen molar-refractivity contribution in [2.75, 3.05) is 12.4 Å². The number of hydrogen-bond acceptors (Lipinski definition) is 4. The average Bonchev–Trinajstić information content (AvgIpc) is 2.48. The molecule has 0 amide bonds. The first-order valence-corrected chi connectivity index (χ1v) is 5.82. The summed E-state index contributed by atoms with van der Waals surface area (Å²) in [4.78, 5) is 15.3. The summed E-state index contributed by atoms with van der Waals surface area (Å²) in [6, 6.07) is 6.32. The third-order valence-electron chi connectivity index (χ3n) is 2.63. The quantitative estimate of drug-likeness (QED) is 0.874. The van der Waals surface area contributed by atoms with Crippen molar-refractivity contribution in [3.8, 4) is 0 Å². The van der Waals surface area contributed by atoms with Crippen molar-refractivity contribution in [1.29, 1.82) is 0 Å². The van der Waals surface area contributed by atoms with Crippen LogP contribution in [0.5, 0.6) is 0 Å². The molecule has 20 heavy (non-hydrogen) atoms. The van der Waals surface area contributed by atoms with E-state index in [2.05, 4.69) is 15.0 Å². The number of carbonyl (C=O) groups is 1. The van der Waals surface area contributed by atoms with E-state index in [1.165, 1.54) is 13.3 Å². The summed E-state index contributed by atoms with van der Waals surface area (Å²) in [5.41, 5.74) is 0.971. The van der Waals surface area contributed by atoms with Gasteiger partial charge >= 0.3 is 5.97 Å². The van der Waals surface area contributed by atoms with Crippen LogP contribution in [0.1, 0.15) is 16.1 Å². The van der Waals surface area contributed by atoms with Crippen LogP contribution in [0.15, 0.2) is 36.5 Å². The highest BCUT2D eigenvalue weighted by molar-refractivity contribution is 5.88. The Hall–Kier alpha value is -2.50. The Bertz CT molecular complexity index is 615. The molecule has 104 valence electrons. The Balaban J connectivity index is 2.04. The molecule has 0 spiro atoms. The van der Waals surface area contributed by atoms with Crippen LogP contribution in [0.4, 0.5) is 14.5 Å². The average molecular weight is 278 g/mol. The van der Waals surface area contributed by atoms with Crippen LogP contribution in [0.2, 0.25) is 0 Å². The molecule has 0 aliphatic carbocycles. The predicted molar refractivity (Wildman–Crippen MR) is 69.3 cm³/mol. The van der Waals surface area contributed by atoms with Crippen LogP contribution in [-0.2, 0) is 11.3 Å². The maximum absolute atomic E-state index is 13.4. The second kappa shape index (κ2) is 6.10. The topological polar surface area (TPSA) is 51.2 Å². The molecule has 2 aromatic rings. The molecule has 0 radical (unpaired) electrons. The van der Waals surface area contributed by atoms with Gasteiger partial charge in [0.05, 0.1) is 30.6 Å². The summed E-state index contributed by atoms with van der Waals surface area (Å²) in [6.07, 6.45) is 1.37. The van der Waals surface area contributed by atoms with Gasteiger partial charge in [-0.1, -0.05) is 0 Å². The molecule has 2 rings (SSSR count). The lowest BCUT2D eigenvalue weighted by Crippen LogP contribution is -2.06. The van der Waals surface area contributed by atoms with E-state index >= 15 is 0 Å². The van der Waals surface area contributed by atoms with Crippen LogP contribution in [0, 0.1) is 11.6 Å². The van der Waals surface area contributed by atoms with Gasteiger partial charge in [-0.2, -0.15) is 0 Å². The van der Waals surface area contributed by atoms with Crippen molar-refractivity contribution < 1.29 is 18.3 Å². The smallest absolute Gasteiger partial charge is 0.339 e. The van der Waals surface area contributed by atoms with Crippen LogP contribution in [-0.4, -0.2) is 18.1 Å². The highest BCUT2D eigenvalue weighted by Crippen LogP contribution is 2.16. The Morgan fingerprint density at radius 2 is 2.10 bits per heavy atom. The zero-order valence-electron chi connectivity index (χ0n) is 10.7. The van der Waals surface area contributed by atoms with Crippen LogP contribution >= 0.6 is 0 Å². The third-order valence-corrected chi connectivity index (χ3v) is 2.63. The van der Waals surface area contributed by atoms with Gasteiger partial charge in [0, 0.05) is 6.20 Å². The fourth-order valence-corrected chi connectivity index (χ4v) is 1.59. The number of pyridine rings is 1. The summed E-state index contributed by atoms with van der Waals surface area (Å²) < 4.78 is 30.9. The lowest BCUT2D eigenvalue weighted by molar-refractivity contribution is 0.0600. The van der Waals surface area contributed by atoms with Gasteiger partial charge in [-0.15, -0.1) is 0 Å². The molecule has 1 aromatic heterocycles. The van der Waals surface area contributed by atoms with Crippen LogP contribution in [0.25, 0.3) is 0 Å². The number of rotatable bonds is 4. The molecule has 0 saturated carbocycles. The van der Waals surface area contributed by atoms with E-state index in [9.17, 15) is 13.6 Å². The Kier molecular flexibility index (Phi) is 4.24. The van der Waals surface area contributed by atoms with Crippen LogP contribution < -0.4 is 5.32 Å². The molecule has 6 heteroatoms. The summed E-state index contributed by atoms with van der Waals surface area (Å²) in [5.74, 6) is -1.55. The van der Waals surface area contributed by atoms with Gasteiger partial charge < -0.3 is 10.1 Å². The van der Waals surface area contributed by atoms with Gasteiger partial charge in [0.2, 0.25) is 0 Å². The Labute approximate surface area is 114 Å². The Morgan fingerprint density at radius 3 is 2.75 bits per heavy atom. The van der Waals surface area contributed by atoms with Gasteiger partial charge in [-0.25, -0.2) is 13.6 Å². The van der Waals surface area contributed by atoms with E-state index in [1.54, 1.807) is 12.1 Å². The maximum atomic E-state index is 13.4. The molecule has 0 bridgehead atoms. The molecule has 1 heterocycles. The van der Waals surface area contributed by atoms with Crippen molar-refractivity contribution in [2.45, 2.75) is 6.54 Å². The molecule has 0 unspecified atom stereocenters. The number of anilines is 1. The largest absolute Gasteiger partial charge is 0.465 e. The van der Waals surface area contributed by atoms with Crippen molar-refractivity contribution in [3.05, 3.63) is 59.4 Å². The molecular weight excluding hydrogens is 266 g/mol. The minimum atomic E-state index is -0.544. The number of esters is 1. The standard InChI is InChI=1S/C14H12F2N2O2/c1-20-14(19)9-2-4-11(17-7-9)8-18-13-6-10(15)3-5-12(13)16/h2-7,18H,8H2,1H3. The van der Waals surface area contributed by atoms with E-state index in [4.69, 9.17) is 0 Å². The fourth-order valence-electron chi connectivity index (χ4n) is 1.59. The second-order valence-electron chi connectivity index (χ2n) is 4.01. The molecular formula is C14H12F2N2O2. The molecule has 0 fully saturated rings. The molecule has 0 atom stereocenters. The molecule has 0 saturated heterocycles. The van der Waals surface area contributed by atoms with Gasteiger partial charge in [0.15, 0.2) is 0 Å². The summed E-state index contributed by atoms with van der Waals surface area (Å²) >= 11 is 0. The second-order valence-corrected chi connectivity index (χ2v) is 4.01. The van der Waals surface area contributed by atoms with Crippen molar-refractivity contribution in [2.24, 2.45) is 0 Å². The summed E-state index contributed by atoms with van der Waals surface area (Å²) in [7, 11) is 1.28. The van der Waals surface area contributed by atoms with E-state index in [0.29, 0.717) is 11.3 Å². The number of halogens is 2. The summed E-state index contributed by atoms with van der Waals surface area (Å²) in [5, 5.41) is 2.74. The normalized spacial score (nSPS) is 10.2. The van der Waals surface area contributed by atoms with Crippen molar-refractivity contribution in [1.82, 2.24) is 4.98 Å². The van der Waals surface area contributed by atoms with E-state index in [-0.39, 0.29) is 12.2 Å². The lowest BCUT2D eigenvalue weighted by Gasteiger charge is -2.07. The fraction of sp³-hybridized carbons (Fsp3) is 0.143. The van der Waals surface area contributed by atoms with E-state index < -0.39 is 17.6 Å². The molecule has 1 aromatic carbocycles. The van der Waals surface area contributed by atoms with Crippen LogP contribution in [0.3, 0.4) is 0 Å². The van der Waals surface area contributed by atoms with Crippen molar-refractivity contribution >= 4 is 11.7 Å². The number of benzene rings is 1. The highest BCUT2D eigenvalue weighted by atomic mass is 19.1. The first-order chi connectivity index (χ1) is 9.60. The number of nitrogens with zero attached hydrogens (tertiary/aromatic N) is 1. The van der Waals surface area contributed by atoms with Gasteiger partial charge in [-0.05, 0) is 30.3 Å². The number of carbonyl (C=O) groups excluding carboxylic acids is 1. The maximum Gasteiger partial charge on any atom is 0.339 e. The SMILES string of the molecule is COC(=O)c1ccc(CNc2cc(F)ccc2F)nc1. The predicted octanol–water partition coefficient (Wildman–Crippen LogP) is 2.76. The molecule has 0 aliphatic heterocycles. The van der Waals surface area contributed by atoms with E-state index in [0.717, 1.165) is 18.2 Å². The van der Waals surface area contributed by atoms with Crippen molar-refractivity contribution in [3.63, 3.8) is 0 Å². The zero-order chi connectivity index (χ0) is 14.5. The van der Waals surface area contributed by atoms with E-state index in [1.807, 2.05) is 0 Å². The number of ether oxygens (including phenoxy) is 1. The number of aromatic nitrogens is 1. The zero-order valence-corrected chi connectivity index (χ0v) is 10.7. The third kappa shape index (κ3) is 3.28. The minimum Gasteiger partial charge on any atom is -0.465 e. The Morgan fingerprint density at radius 1 is 1.30 bits per heavy atom. The number of nitrogens with one attached hydrogen (secondary N) is 1. The lowest BCUT2D eigenvalue weighted by atomic mass is 10.2. The summed E-state index contributed by atoms with van der Waals surface area (Å²) in [6.45, 7) is 0.210. The molecule has 0 aliphatic rings. The first kappa shape index (κ1) is 13.9. The number of methoxy groups -OCH3 is 1. The van der Waals surface area contributed by atoms with Gasteiger partial charge in [0.1, 0.15) is 11.6 Å². The first-order valence-electron chi connectivity index (χ1n) is 5.82. The minimum absolute atomic E-state index is 0.0591. The number of hydrogen-bond donors (Lipinski definition) is 1. The molecule has 1 N–H and O–H groups in total.